The molecule has 3 saturated carbocycles. The van der Waals surface area contributed by atoms with E-state index in [4.69, 9.17) is 14.5 Å². The topological polar surface area (TPSA) is 67.1 Å². The molecular weight excluding hydrogens is 372 g/mol. The number of aromatic nitrogens is 3. The molecule has 0 saturated heterocycles. The van der Waals surface area contributed by atoms with Crippen LogP contribution in [0.2, 0.25) is 0 Å². The van der Waals surface area contributed by atoms with Gasteiger partial charge in [-0.1, -0.05) is 5.16 Å². The molecule has 3 fully saturated rings. The van der Waals surface area contributed by atoms with Crippen LogP contribution in [0.3, 0.4) is 0 Å². The van der Waals surface area contributed by atoms with Crippen LogP contribution in [-0.4, -0.2) is 27.4 Å². The Morgan fingerprint density at radius 1 is 0.967 bits per heavy atom. The summed E-state index contributed by atoms with van der Waals surface area (Å²) in [6.45, 7) is 4.92. The largest absolute Gasteiger partial charge is 0.361 e. The molecule has 5 heteroatoms. The predicted octanol–water partition coefficient (Wildman–Crippen LogP) is 5.74. The average molecular weight is 399 g/mol. The first-order valence-corrected chi connectivity index (χ1v) is 11.4. The summed E-state index contributed by atoms with van der Waals surface area (Å²) in [6, 6.07) is 4.58. The number of rotatable bonds is 5. The summed E-state index contributed by atoms with van der Waals surface area (Å²) < 4.78 is 5.51. The maximum Gasteiger partial charge on any atom is 0.141 e. The molecule has 3 heterocycles. The third-order valence-electron chi connectivity index (χ3n) is 7.19. The van der Waals surface area contributed by atoms with E-state index < -0.39 is 0 Å². The highest BCUT2D eigenvalue weighted by Gasteiger charge is 2.40. The van der Waals surface area contributed by atoms with Gasteiger partial charge in [-0.25, -0.2) is 4.98 Å². The zero-order chi connectivity index (χ0) is 20.0. The van der Waals surface area contributed by atoms with Crippen molar-refractivity contribution in [3.63, 3.8) is 0 Å². The third kappa shape index (κ3) is 2.57. The van der Waals surface area contributed by atoms with E-state index in [1.165, 1.54) is 60.9 Å². The Kier molecular flexibility index (Phi) is 3.37. The fraction of sp³-hybridized carbons (Fsp3) is 0.480. The lowest BCUT2D eigenvalue weighted by molar-refractivity contribution is 0.393. The first-order valence-electron chi connectivity index (χ1n) is 11.4. The minimum absolute atomic E-state index is 0.602. The molecule has 1 N–H and O–H groups in total. The van der Waals surface area contributed by atoms with Crippen LogP contribution in [0.15, 0.2) is 27.2 Å². The van der Waals surface area contributed by atoms with Crippen LogP contribution in [0.1, 0.15) is 67.3 Å². The number of benzene rings is 1. The zero-order valence-electron chi connectivity index (χ0n) is 17.6. The van der Waals surface area contributed by atoms with Crippen molar-refractivity contribution in [2.45, 2.75) is 58.3 Å². The van der Waals surface area contributed by atoms with Gasteiger partial charge in [0.25, 0.3) is 0 Å². The van der Waals surface area contributed by atoms with Gasteiger partial charge in [0.2, 0.25) is 0 Å². The Labute approximate surface area is 175 Å². The van der Waals surface area contributed by atoms with Crippen LogP contribution in [0.25, 0.3) is 27.7 Å². The molecule has 3 aromatic rings. The standard InChI is InChI=1S/C25H26N4O/c1-12-21(13(2)30-29-12)17-9-18(24-20(10-17)27-25(28-24)16-7-8-16)22-19(14-3-4-14)11-26-23(22)15-5-6-15/h9-10,14-16H,3-8,11H2,1-2H3,(H,27,28). The highest BCUT2D eigenvalue weighted by molar-refractivity contribution is 6.30. The van der Waals surface area contributed by atoms with Gasteiger partial charge in [-0.3, -0.25) is 4.99 Å². The molecule has 0 radical (unpaired) electrons. The molecular formula is C25H26N4O. The molecule has 7 rings (SSSR count). The second-order valence-corrected chi connectivity index (χ2v) is 9.67. The van der Waals surface area contributed by atoms with Crippen molar-refractivity contribution in [3.8, 4) is 11.1 Å². The van der Waals surface area contributed by atoms with Gasteiger partial charge in [0.05, 0.1) is 23.3 Å². The van der Waals surface area contributed by atoms with Gasteiger partial charge in [-0.05, 0) is 81.6 Å². The molecule has 0 atom stereocenters. The average Bonchev–Trinajstić information content (AvgIpc) is 3.64. The number of nitrogens with one attached hydrogen (secondary N) is 1. The maximum atomic E-state index is 5.51. The van der Waals surface area contributed by atoms with Gasteiger partial charge < -0.3 is 9.51 Å². The quantitative estimate of drug-likeness (QED) is 0.596. The van der Waals surface area contributed by atoms with Crippen LogP contribution in [0.4, 0.5) is 0 Å². The summed E-state index contributed by atoms with van der Waals surface area (Å²) in [6.07, 6.45) is 7.68. The van der Waals surface area contributed by atoms with Crippen molar-refractivity contribution in [1.29, 1.82) is 0 Å². The van der Waals surface area contributed by atoms with Crippen LogP contribution in [0.5, 0.6) is 0 Å². The van der Waals surface area contributed by atoms with Gasteiger partial charge in [0, 0.05) is 34.2 Å². The summed E-state index contributed by atoms with van der Waals surface area (Å²) in [5.41, 5.74) is 11.1. The number of allylic oxidation sites excluding steroid dienone is 1. The lowest BCUT2D eigenvalue weighted by atomic mass is 9.89. The minimum Gasteiger partial charge on any atom is -0.361 e. The summed E-state index contributed by atoms with van der Waals surface area (Å²) in [5.74, 6) is 4.00. The lowest BCUT2D eigenvalue weighted by Crippen LogP contribution is -2.05. The Morgan fingerprint density at radius 2 is 1.73 bits per heavy atom. The highest BCUT2D eigenvalue weighted by Crippen LogP contribution is 2.49. The summed E-state index contributed by atoms with van der Waals surface area (Å²) in [7, 11) is 0. The van der Waals surface area contributed by atoms with E-state index in [-0.39, 0.29) is 0 Å². The number of fused-ring (bicyclic) bond motifs is 1. The summed E-state index contributed by atoms with van der Waals surface area (Å²) in [4.78, 5) is 13.8. The van der Waals surface area contributed by atoms with E-state index in [1.807, 2.05) is 13.8 Å². The molecule has 0 amide bonds. The Bertz CT molecular complexity index is 1240. The van der Waals surface area contributed by atoms with Gasteiger partial charge in [0.15, 0.2) is 0 Å². The molecule has 0 bridgehead atoms. The Balaban J connectivity index is 1.50. The first-order chi connectivity index (χ1) is 14.7. The second kappa shape index (κ2) is 5.93. The molecule has 4 aliphatic rings. The van der Waals surface area contributed by atoms with Crippen molar-refractivity contribution in [2.24, 2.45) is 16.8 Å². The molecule has 0 spiro atoms. The third-order valence-corrected chi connectivity index (χ3v) is 7.19. The normalized spacial score (nSPS) is 21.7. The molecule has 3 aliphatic carbocycles. The fourth-order valence-electron chi connectivity index (χ4n) is 5.18. The van der Waals surface area contributed by atoms with Gasteiger partial charge in [-0.2, -0.15) is 0 Å². The number of aliphatic imine (C=N–C) groups is 1. The highest BCUT2D eigenvalue weighted by atomic mass is 16.5. The van der Waals surface area contributed by atoms with E-state index in [9.17, 15) is 0 Å². The van der Waals surface area contributed by atoms with E-state index in [1.54, 1.807) is 5.57 Å². The van der Waals surface area contributed by atoms with E-state index in [0.717, 1.165) is 46.3 Å². The maximum absolute atomic E-state index is 5.51. The van der Waals surface area contributed by atoms with Crippen molar-refractivity contribution < 1.29 is 4.52 Å². The molecule has 1 aliphatic heterocycles. The van der Waals surface area contributed by atoms with Crippen LogP contribution < -0.4 is 0 Å². The van der Waals surface area contributed by atoms with E-state index in [0.29, 0.717) is 11.8 Å². The molecule has 1 aromatic carbocycles. The summed E-state index contributed by atoms with van der Waals surface area (Å²) >= 11 is 0. The smallest absolute Gasteiger partial charge is 0.141 e. The Hall–Kier alpha value is -2.69. The number of nitrogens with zero attached hydrogens (tertiary/aromatic N) is 3. The van der Waals surface area contributed by atoms with Crippen molar-refractivity contribution >= 4 is 22.3 Å². The number of imidazole rings is 1. The SMILES string of the molecule is Cc1noc(C)c1-c1cc(C2=C(C3CC3)CN=C2C2CC2)c2nc(C3CC3)[nH]c2c1. The molecule has 152 valence electrons. The number of H-pyrrole nitrogens is 1. The van der Waals surface area contributed by atoms with Crippen LogP contribution in [-0.2, 0) is 0 Å². The molecule has 5 nitrogen and oxygen atoms in total. The van der Waals surface area contributed by atoms with E-state index >= 15 is 0 Å². The lowest BCUT2D eigenvalue weighted by Gasteiger charge is -2.13. The van der Waals surface area contributed by atoms with Crippen molar-refractivity contribution in [3.05, 3.63) is 40.5 Å². The second-order valence-electron chi connectivity index (χ2n) is 9.67. The van der Waals surface area contributed by atoms with Gasteiger partial charge in [-0.15, -0.1) is 0 Å². The van der Waals surface area contributed by atoms with Gasteiger partial charge >= 0.3 is 0 Å². The van der Waals surface area contributed by atoms with Crippen LogP contribution >= 0.6 is 0 Å². The number of aromatic amines is 1. The Morgan fingerprint density at radius 3 is 2.40 bits per heavy atom. The molecule has 0 unspecified atom stereocenters. The number of hydrogen-bond acceptors (Lipinski definition) is 4. The fourth-order valence-corrected chi connectivity index (χ4v) is 5.18. The summed E-state index contributed by atoms with van der Waals surface area (Å²) in [5, 5.41) is 4.21. The van der Waals surface area contributed by atoms with Crippen molar-refractivity contribution in [1.82, 2.24) is 15.1 Å². The first kappa shape index (κ1) is 17.0. The predicted molar refractivity (Wildman–Crippen MR) is 118 cm³/mol. The van der Waals surface area contributed by atoms with Crippen molar-refractivity contribution in [2.75, 3.05) is 6.54 Å². The minimum atomic E-state index is 0.602. The molecule has 2 aromatic heterocycles. The molecule has 30 heavy (non-hydrogen) atoms. The van der Waals surface area contributed by atoms with Gasteiger partial charge in [0.1, 0.15) is 11.6 Å². The monoisotopic (exact) mass is 398 g/mol. The van der Waals surface area contributed by atoms with E-state index in [2.05, 4.69) is 22.3 Å². The zero-order valence-corrected chi connectivity index (χ0v) is 17.6. The number of aryl methyl sites for hydroxylation is 2. The van der Waals surface area contributed by atoms with Crippen LogP contribution in [0, 0.1) is 25.7 Å². The number of hydrogen-bond donors (Lipinski definition) is 1.